The van der Waals surface area contributed by atoms with Crippen LogP contribution in [0, 0.1) is 0 Å². The molecule has 1 heterocycles. The van der Waals surface area contributed by atoms with Crippen molar-refractivity contribution in [2.24, 2.45) is 0 Å². The molecule has 0 spiro atoms. The third-order valence-corrected chi connectivity index (χ3v) is 7.13. The molecule has 0 atom stereocenters. The maximum atomic E-state index is 13.3. The molecule has 1 aromatic heterocycles. The number of benzene rings is 3. The summed E-state index contributed by atoms with van der Waals surface area (Å²) in [6.45, 7) is 0.998. The standard InChI is InChI=1S/C23H17Cl2N3O7S/c1-2-34-23(31)21-26-22(35-27-21)15-4-3-14-8-18(6-5-13(14)7-15)28(12-20(29)30)36(32,33)19-10-16(24)9-17(25)11-19/h3-11H,2,12H2,1H3,(H,29,30). The van der Waals surface area contributed by atoms with Gasteiger partial charge in [0.15, 0.2) is 0 Å². The van der Waals surface area contributed by atoms with E-state index in [1.807, 2.05) is 0 Å². The van der Waals surface area contributed by atoms with E-state index in [1.165, 1.54) is 30.3 Å². The number of aromatic nitrogens is 2. The molecular formula is C23H17Cl2N3O7S. The van der Waals surface area contributed by atoms with Crippen LogP contribution in [0.15, 0.2) is 64.0 Å². The monoisotopic (exact) mass is 549 g/mol. The molecule has 0 aliphatic carbocycles. The topological polar surface area (TPSA) is 140 Å². The van der Waals surface area contributed by atoms with E-state index in [1.54, 1.807) is 31.2 Å². The maximum absolute atomic E-state index is 13.3. The van der Waals surface area contributed by atoms with Crippen molar-refractivity contribution in [3.8, 4) is 11.5 Å². The number of hydrogen-bond acceptors (Lipinski definition) is 8. The van der Waals surface area contributed by atoms with Gasteiger partial charge >= 0.3 is 11.9 Å². The Balaban J connectivity index is 1.72. The summed E-state index contributed by atoms with van der Waals surface area (Å²) < 4.78 is 37.4. The van der Waals surface area contributed by atoms with Crippen LogP contribution in [0.1, 0.15) is 17.5 Å². The highest BCUT2D eigenvalue weighted by atomic mass is 35.5. The largest absolute Gasteiger partial charge is 0.480 e. The van der Waals surface area contributed by atoms with Gasteiger partial charge in [0.2, 0.25) is 0 Å². The number of esters is 1. The number of carboxylic acid groups (broad SMARTS) is 1. The van der Waals surface area contributed by atoms with E-state index in [0.29, 0.717) is 16.3 Å². The molecule has 4 rings (SSSR count). The highest BCUT2D eigenvalue weighted by Gasteiger charge is 2.28. The van der Waals surface area contributed by atoms with Crippen LogP contribution in [0.3, 0.4) is 0 Å². The van der Waals surface area contributed by atoms with Gasteiger partial charge in [-0.05, 0) is 65.3 Å². The van der Waals surface area contributed by atoms with E-state index in [4.69, 9.17) is 32.5 Å². The molecule has 0 radical (unpaired) electrons. The normalized spacial score (nSPS) is 11.4. The van der Waals surface area contributed by atoms with Crippen LogP contribution in [0.2, 0.25) is 10.0 Å². The highest BCUT2D eigenvalue weighted by Crippen LogP contribution is 2.31. The first-order valence-corrected chi connectivity index (χ1v) is 12.5. The van der Waals surface area contributed by atoms with Gasteiger partial charge in [-0.15, -0.1) is 0 Å². The van der Waals surface area contributed by atoms with E-state index < -0.39 is 28.5 Å². The number of aliphatic carboxylic acids is 1. The van der Waals surface area contributed by atoms with Crippen molar-refractivity contribution in [1.82, 2.24) is 10.1 Å². The molecule has 0 bridgehead atoms. The third kappa shape index (κ3) is 5.27. The number of hydrogen-bond donors (Lipinski definition) is 1. The van der Waals surface area contributed by atoms with Crippen LogP contribution in [0.5, 0.6) is 0 Å². The highest BCUT2D eigenvalue weighted by molar-refractivity contribution is 7.92. The average Bonchev–Trinajstić information content (AvgIpc) is 3.32. The van der Waals surface area contributed by atoms with Crippen molar-refractivity contribution in [3.63, 3.8) is 0 Å². The zero-order valence-corrected chi connectivity index (χ0v) is 20.8. The van der Waals surface area contributed by atoms with Crippen molar-refractivity contribution >= 4 is 61.6 Å². The van der Waals surface area contributed by atoms with Crippen molar-refractivity contribution in [2.45, 2.75) is 11.8 Å². The second-order valence-corrected chi connectivity index (χ2v) is 10.1. The number of carbonyl (C=O) groups excluding carboxylic acids is 1. The fourth-order valence-electron chi connectivity index (χ4n) is 3.38. The number of sulfonamides is 1. The SMILES string of the molecule is CCOC(=O)c1noc(-c2ccc3cc(N(CC(=O)O)S(=O)(=O)c4cc(Cl)cc(Cl)c4)ccc3c2)n1. The van der Waals surface area contributed by atoms with Gasteiger partial charge < -0.3 is 14.4 Å². The van der Waals surface area contributed by atoms with Gasteiger partial charge in [-0.3, -0.25) is 9.10 Å². The number of carboxylic acids is 1. The summed E-state index contributed by atoms with van der Waals surface area (Å²) in [7, 11) is -4.32. The molecule has 0 unspecified atom stereocenters. The first-order chi connectivity index (χ1) is 17.1. The summed E-state index contributed by atoms with van der Waals surface area (Å²) in [6, 6.07) is 13.4. The third-order valence-electron chi connectivity index (χ3n) is 4.95. The predicted octanol–water partition coefficient (Wildman–Crippen LogP) is 4.65. The Labute approximate surface area is 215 Å². The number of ether oxygens (including phenoxy) is 1. The lowest BCUT2D eigenvalue weighted by Crippen LogP contribution is -2.35. The molecule has 4 aromatic rings. The lowest BCUT2D eigenvalue weighted by molar-refractivity contribution is -0.135. The fourth-order valence-corrected chi connectivity index (χ4v) is 5.52. The van der Waals surface area contributed by atoms with E-state index in [0.717, 1.165) is 4.31 Å². The van der Waals surface area contributed by atoms with Gasteiger partial charge in [0.05, 0.1) is 17.2 Å². The van der Waals surface area contributed by atoms with Crippen LogP contribution in [-0.2, 0) is 19.6 Å². The first-order valence-electron chi connectivity index (χ1n) is 10.3. The summed E-state index contributed by atoms with van der Waals surface area (Å²) in [4.78, 5) is 27.1. The lowest BCUT2D eigenvalue weighted by Gasteiger charge is -2.23. The lowest BCUT2D eigenvalue weighted by atomic mass is 10.1. The van der Waals surface area contributed by atoms with Gasteiger partial charge in [0.1, 0.15) is 6.54 Å². The smallest absolute Gasteiger partial charge is 0.379 e. The first kappa shape index (κ1) is 25.4. The minimum absolute atomic E-state index is 0.0922. The predicted molar refractivity (Wildman–Crippen MR) is 132 cm³/mol. The van der Waals surface area contributed by atoms with Crippen LogP contribution in [0.4, 0.5) is 5.69 Å². The number of rotatable bonds is 8. The van der Waals surface area contributed by atoms with Crippen LogP contribution < -0.4 is 4.31 Å². The fraction of sp³-hybridized carbons (Fsp3) is 0.130. The Kier molecular flexibility index (Phi) is 7.16. The Bertz CT molecular complexity index is 1570. The minimum Gasteiger partial charge on any atom is -0.480 e. The van der Waals surface area contributed by atoms with Gasteiger partial charge in [0, 0.05) is 15.6 Å². The zero-order chi connectivity index (χ0) is 26.0. The Morgan fingerprint density at radius 2 is 1.69 bits per heavy atom. The number of fused-ring (bicyclic) bond motifs is 1. The van der Waals surface area contributed by atoms with Crippen LogP contribution in [0.25, 0.3) is 22.2 Å². The zero-order valence-electron chi connectivity index (χ0n) is 18.5. The molecule has 3 aromatic carbocycles. The van der Waals surface area contributed by atoms with Gasteiger partial charge in [0.25, 0.3) is 21.7 Å². The van der Waals surface area contributed by atoms with Gasteiger partial charge in [-0.1, -0.05) is 35.3 Å². The van der Waals surface area contributed by atoms with Gasteiger partial charge in [-0.25, -0.2) is 13.2 Å². The molecule has 0 saturated heterocycles. The van der Waals surface area contributed by atoms with E-state index in [-0.39, 0.29) is 39.0 Å². The summed E-state index contributed by atoms with van der Waals surface area (Å²) in [5.41, 5.74) is 0.637. The van der Waals surface area contributed by atoms with Crippen molar-refractivity contribution < 1.29 is 32.4 Å². The number of halogens is 2. The summed E-state index contributed by atoms with van der Waals surface area (Å²) in [5.74, 6) is -2.18. The van der Waals surface area contributed by atoms with Gasteiger partial charge in [-0.2, -0.15) is 4.98 Å². The molecule has 36 heavy (non-hydrogen) atoms. The van der Waals surface area contributed by atoms with E-state index in [9.17, 15) is 23.1 Å². The van der Waals surface area contributed by atoms with Crippen molar-refractivity contribution in [3.05, 3.63) is 70.5 Å². The molecule has 0 aliphatic rings. The second kappa shape index (κ2) is 10.1. The van der Waals surface area contributed by atoms with Crippen molar-refractivity contribution in [2.75, 3.05) is 17.5 Å². The minimum atomic E-state index is -4.32. The maximum Gasteiger partial charge on any atom is 0.379 e. The quantitative estimate of drug-likeness (QED) is 0.311. The Morgan fingerprint density at radius 1 is 1.03 bits per heavy atom. The van der Waals surface area contributed by atoms with E-state index in [2.05, 4.69) is 10.1 Å². The molecule has 0 aliphatic heterocycles. The van der Waals surface area contributed by atoms with Crippen molar-refractivity contribution in [1.29, 1.82) is 0 Å². The number of carbonyl (C=O) groups is 2. The summed E-state index contributed by atoms with van der Waals surface area (Å²) >= 11 is 11.9. The van der Waals surface area contributed by atoms with Crippen LogP contribution >= 0.6 is 23.2 Å². The molecule has 1 N–H and O–H groups in total. The molecular weight excluding hydrogens is 533 g/mol. The molecule has 10 nitrogen and oxygen atoms in total. The number of nitrogens with zero attached hydrogens (tertiary/aromatic N) is 3. The average molecular weight is 550 g/mol. The van der Waals surface area contributed by atoms with E-state index >= 15 is 0 Å². The Hall–Kier alpha value is -3.67. The van der Waals surface area contributed by atoms with Crippen LogP contribution in [-0.4, -0.2) is 48.8 Å². The second-order valence-electron chi connectivity index (χ2n) is 7.40. The molecule has 13 heteroatoms. The molecule has 186 valence electrons. The summed E-state index contributed by atoms with van der Waals surface area (Å²) in [6.07, 6.45) is 0. The molecule has 0 amide bonds. The summed E-state index contributed by atoms with van der Waals surface area (Å²) in [5, 5.41) is 14.5. The number of anilines is 1. The molecule has 0 fully saturated rings. The molecule has 0 saturated carbocycles. The Morgan fingerprint density at radius 3 is 2.36 bits per heavy atom.